The molecule has 0 saturated carbocycles. The van der Waals surface area contributed by atoms with E-state index in [0.29, 0.717) is 6.54 Å². The standard InChI is InChI=1S/C7H10N2O3/c1-12-6(10)4-9-3-2-5(8)7(9)11/h2H,3-4,8H2,1H3. The smallest absolute Gasteiger partial charge is 0.325 e. The lowest BCUT2D eigenvalue weighted by Crippen LogP contribution is -2.34. The molecule has 12 heavy (non-hydrogen) atoms. The highest BCUT2D eigenvalue weighted by Gasteiger charge is 2.23. The molecule has 0 bridgehead atoms. The Balaban J connectivity index is 2.48. The van der Waals surface area contributed by atoms with Gasteiger partial charge < -0.3 is 15.4 Å². The van der Waals surface area contributed by atoms with Crippen LogP contribution in [-0.4, -0.2) is 37.0 Å². The molecule has 0 aliphatic carbocycles. The van der Waals surface area contributed by atoms with Gasteiger partial charge in [0.05, 0.1) is 12.8 Å². The van der Waals surface area contributed by atoms with E-state index in [0.717, 1.165) is 0 Å². The van der Waals surface area contributed by atoms with Crippen LogP contribution in [0.4, 0.5) is 0 Å². The van der Waals surface area contributed by atoms with Crippen molar-refractivity contribution in [1.82, 2.24) is 4.90 Å². The van der Waals surface area contributed by atoms with Gasteiger partial charge in [0.2, 0.25) is 0 Å². The Kier molecular flexibility index (Phi) is 2.32. The third kappa shape index (κ3) is 1.55. The number of ether oxygens (including phenoxy) is 1. The van der Waals surface area contributed by atoms with E-state index in [-0.39, 0.29) is 18.1 Å². The van der Waals surface area contributed by atoms with Crippen LogP contribution in [0, 0.1) is 0 Å². The summed E-state index contributed by atoms with van der Waals surface area (Å²) in [5.74, 6) is -0.744. The zero-order chi connectivity index (χ0) is 9.14. The van der Waals surface area contributed by atoms with Gasteiger partial charge in [0, 0.05) is 6.54 Å². The van der Waals surface area contributed by atoms with Crippen molar-refractivity contribution in [3.63, 3.8) is 0 Å². The van der Waals surface area contributed by atoms with E-state index in [9.17, 15) is 9.59 Å². The molecule has 1 amide bonds. The van der Waals surface area contributed by atoms with E-state index in [1.165, 1.54) is 12.0 Å². The maximum absolute atomic E-state index is 11.1. The second kappa shape index (κ2) is 3.25. The first-order chi connectivity index (χ1) is 5.65. The normalized spacial score (nSPS) is 16.2. The largest absolute Gasteiger partial charge is 0.468 e. The summed E-state index contributed by atoms with van der Waals surface area (Å²) in [4.78, 5) is 23.1. The SMILES string of the molecule is COC(=O)CN1CC=C(N)C1=O. The number of carbonyl (C=O) groups excluding carboxylic acids is 2. The first-order valence-electron chi connectivity index (χ1n) is 3.47. The van der Waals surface area contributed by atoms with Gasteiger partial charge in [-0.2, -0.15) is 0 Å². The third-order valence-corrected chi connectivity index (χ3v) is 1.61. The summed E-state index contributed by atoms with van der Waals surface area (Å²) < 4.78 is 4.40. The molecule has 0 aromatic carbocycles. The van der Waals surface area contributed by atoms with Crippen LogP contribution in [0.15, 0.2) is 11.8 Å². The molecule has 1 aliphatic heterocycles. The third-order valence-electron chi connectivity index (χ3n) is 1.61. The summed E-state index contributed by atoms with van der Waals surface area (Å²) in [6, 6.07) is 0. The molecule has 0 aromatic heterocycles. The molecule has 0 fully saturated rings. The topological polar surface area (TPSA) is 72.6 Å². The average Bonchev–Trinajstić information content (AvgIpc) is 2.36. The first-order valence-corrected chi connectivity index (χ1v) is 3.47. The Labute approximate surface area is 69.8 Å². The minimum Gasteiger partial charge on any atom is -0.468 e. The fraction of sp³-hybridized carbons (Fsp3) is 0.429. The lowest BCUT2D eigenvalue weighted by Gasteiger charge is -2.13. The maximum Gasteiger partial charge on any atom is 0.325 e. The van der Waals surface area contributed by atoms with Gasteiger partial charge in [-0.05, 0) is 6.08 Å². The van der Waals surface area contributed by atoms with Crippen molar-refractivity contribution in [1.29, 1.82) is 0 Å². The number of carbonyl (C=O) groups is 2. The fourth-order valence-electron chi connectivity index (χ4n) is 0.918. The zero-order valence-electron chi connectivity index (χ0n) is 6.74. The lowest BCUT2D eigenvalue weighted by molar-refractivity contribution is -0.145. The molecular weight excluding hydrogens is 160 g/mol. The Hall–Kier alpha value is -1.52. The van der Waals surface area contributed by atoms with Gasteiger partial charge in [0.25, 0.3) is 5.91 Å². The van der Waals surface area contributed by atoms with Crippen LogP contribution in [0.5, 0.6) is 0 Å². The molecule has 1 heterocycles. The monoisotopic (exact) mass is 170 g/mol. The van der Waals surface area contributed by atoms with Gasteiger partial charge in [0.1, 0.15) is 6.54 Å². The maximum atomic E-state index is 11.1. The predicted molar refractivity (Wildman–Crippen MR) is 40.9 cm³/mol. The van der Waals surface area contributed by atoms with Gasteiger partial charge in [-0.1, -0.05) is 0 Å². The fourth-order valence-corrected chi connectivity index (χ4v) is 0.918. The van der Waals surface area contributed by atoms with Crippen LogP contribution in [0.25, 0.3) is 0 Å². The summed E-state index contributed by atoms with van der Waals surface area (Å²) in [7, 11) is 1.28. The first kappa shape index (κ1) is 8.58. The van der Waals surface area contributed by atoms with E-state index >= 15 is 0 Å². The molecule has 0 radical (unpaired) electrons. The van der Waals surface area contributed by atoms with Crippen molar-refractivity contribution < 1.29 is 14.3 Å². The molecule has 5 nitrogen and oxygen atoms in total. The Bertz CT molecular complexity index is 247. The van der Waals surface area contributed by atoms with E-state index in [4.69, 9.17) is 5.73 Å². The minimum absolute atomic E-state index is 0.0352. The van der Waals surface area contributed by atoms with Crippen LogP contribution < -0.4 is 5.73 Å². The van der Waals surface area contributed by atoms with Crippen LogP contribution in [0.2, 0.25) is 0 Å². The number of rotatable bonds is 2. The summed E-state index contributed by atoms with van der Waals surface area (Å²) in [6.07, 6.45) is 1.57. The van der Waals surface area contributed by atoms with Crippen LogP contribution in [0.3, 0.4) is 0 Å². The van der Waals surface area contributed by atoms with Gasteiger partial charge in [-0.15, -0.1) is 0 Å². The van der Waals surface area contributed by atoms with E-state index < -0.39 is 5.97 Å². The molecule has 5 heteroatoms. The molecule has 66 valence electrons. The number of esters is 1. The van der Waals surface area contributed by atoms with Gasteiger partial charge in [0.15, 0.2) is 0 Å². The number of amides is 1. The predicted octanol–water partition coefficient (Wildman–Crippen LogP) is -1.16. The lowest BCUT2D eigenvalue weighted by atomic mass is 10.4. The summed E-state index contributed by atoms with van der Waals surface area (Å²) >= 11 is 0. The minimum atomic E-state index is -0.438. The number of nitrogens with zero attached hydrogens (tertiary/aromatic N) is 1. The van der Waals surface area contributed by atoms with Gasteiger partial charge in [-0.25, -0.2) is 0 Å². The number of hydrogen-bond donors (Lipinski definition) is 1. The molecular formula is C7H10N2O3. The van der Waals surface area contributed by atoms with E-state index in [2.05, 4.69) is 4.74 Å². The quantitative estimate of drug-likeness (QED) is 0.531. The highest BCUT2D eigenvalue weighted by molar-refractivity contribution is 5.96. The molecule has 0 atom stereocenters. The molecule has 0 spiro atoms. The molecule has 0 saturated heterocycles. The van der Waals surface area contributed by atoms with Gasteiger partial charge >= 0.3 is 5.97 Å². The van der Waals surface area contributed by atoms with Crippen molar-refractivity contribution in [2.75, 3.05) is 20.2 Å². The second-order valence-corrected chi connectivity index (χ2v) is 2.42. The molecule has 0 unspecified atom stereocenters. The van der Waals surface area contributed by atoms with Crippen molar-refractivity contribution in [2.45, 2.75) is 0 Å². The Morgan fingerprint density at radius 2 is 2.50 bits per heavy atom. The average molecular weight is 170 g/mol. The van der Waals surface area contributed by atoms with Crippen LogP contribution in [-0.2, 0) is 14.3 Å². The number of methoxy groups -OCH3 is 1. The second-order valence-electron chi connectivity index (χ2n) is 2.42. The van der Waals surface area contributed by atoms with Crippen LogP contribution >= 0.6 is 0 Å². The summed E-state index contributed by atoms with van der Waals surface area (Å²) in [6.45, 7) is 0.353. The summed E-state index contributed by atoms with van der Waals surface area (Å²) in [5, 5.41) is 0. The summed E-state index contributed by atoms with van der Waals surface area (Å²) in [5.41, 5.74) is 5.50. The van der Waals surface area contributed by atoms with Crippen molar-refractivity contribution in [2.24, 2.45) is 5.73 Å². The highest BCUT2D eigenvalue weighted by atomic mass is 16.5. The van der Waals surface area contributed by atoms with E-state index in [1.807, 2.05) is 0 Å². The number of hydrogen-bond acceptors (Lipinski definition) is 4. The van der Waals surface area contributed by atoms with Crippen LogP contribution in [0.1, 0.15) is 0 Å². The number of nitrogens with two attached hydrogens (primary N) is 1. The molecule has 1 aliphatic rings. The molecule has 1 rings (SSSR count). The zero-order valence-corrected chi connectivity index (χ0v) is 6.74. The van der Waals surface area contributed by atoms with Gasteiger partial charge in [-0.3, -0.25) is 9.59 Å². The Morgan fingerprint density at radius 3 is 2.92 bits per heavy atom. The Morgan fingerprint density at radius 1 is 1.83 bits per heavy atom. The van der Waals surface area contributed by atoms with E-state index in [1.54, 1.807) is 6.08 Å². The molecule has 2 N–H and O–H groups in total. The van der Waals surface area contributed by atoms with Crippen molar-refractivity contribution in [3.8, 4) is 0 Å². The highest BCUT2D eigenvalue weighted by Crippen LogP contribution is 2.05. The van der Waals surface area contributed by atoms with Crippen molar-refractivity contribution >= 4 is 11.9 Å². The van der Waals surface area contributed by atoms with Crippen molar-refractivity contribution in [3.05, 3.63) is 11.8 Å². The molecule has 0 aromatic rings.